The summed E-state index contributed by atoms with van der Waals surface area (Å²) < 4.78 is 2.17. The summed E-state index contributed by atoms with van der Waals surface area (Å²) in [5.41, 5.74) is 5.23. The van der Waals surface area contributed by atoms with Crippen LogP contribution in [-0.2, 0) is 7.05 Å². The Hall–Kier alpha value is -2.60. The van der Waals surface area contributed by atoms with E-state index in [1.807, 2.05) is 12.1 Å². The number of nitriles is 1. The van der Waals surface area contributed by atoms with Crippen LogP contribution in [0.5, 0.6) is 0 Å². The highest BCUT2D eigenvalue weighted by molar-refractivity contribution is 5.90. The van der Waals surface area contributed by atoms with Crippen molar-refractivity contribution in [3.63, 3.8) is 0 Å². The molecule has 25 heavy (non-hydrogen) atoms. The fourth-order valence-corrected chi connectivity index (χ4v) is 3.88. The van der Waals surface area contributed by atoms with Crippen LogP contribution in [0.2, 0.25) is 0 Å². The summed E-state index contributed by atoms with van der Waals surface area (Å²) in [7, 11) is 2.07. The number of fused-ring (bicyclic) bond motifs is 1. The lowest BCUT2D eigenvalue weighted by molar-refractivity contribution is 0.564. The summed E-state index contributed by atoms with van der Waals surface area (Å²) in [4.78, 5) is 4.60. The van der Waals surface area contributed by atoms with E-state index in [9.17, 15) is 5.26 Å². The molecule has 0 saturated heterocycles. The normalized spacial score (nSPS) is 11.2. The second-order valence-electron chi connectivity index (χ2n) is 6.64. The van der Waals surface area contributed by atoms with Crippen LogP contribution in [0, 0.1) is 11.3 Å². The predicted octanol–water partition coefficient (Wildman–Crippen LogP) is 5.80. The summed E-state index contributed by atoms with van der Waals surface area (Å²) in [6.45, 7) is 4.50. The molecule has 3 aromatic rings. The summed E-state index contributed by atoms with van der Waals surface area (Å²) in [5.74, 6) is 0.517. The number of aromatic nitrogens is 2. The third kappa shape index (κ3) is 3.17. The highest BCUT2D eigenvalue weighted by atomic mass is 15.0. The standard InChI is InChI=1S/C22H25N3/c1-4-9-16(10-5-2)20-19-14-13-18(15-23)24-22(19)25(3)21(20)17-11-7-6-8-12-17/h6-8,11-14,16H,4-5,9-10H2,1-3H3. The quantitative estimate of drug-likeness (QED) is 0.573. The molecule has 0 aliphatic carbocycles. The van der Waals surface area contributed by atoms with Gasteiger partial charge in [-0.3, -0.25) is 0 Å². The molecule has 3 nitrogen and oxygen atoms in total. The average molecular weight is 331 g/mol. The highest BCUT2D eigenvalue weighted by Gasteiger charge is 2.23. The van der Waals surface area contributed by atoms with Crippen molar-refractivity contribution in [3.05, 3.63) is 53.7 Å². The molecule has 0 radical (unpaired) electrons. The first-order chi connectivity index (χ1) is 12.2. The number of rotatable bonds is 6. The molecule has 0 unspecified atom stereocenters. The van der Waals surface area contributed by atoms with E-state index in [0.717, 1.165) is 5.65 Å². The van der Waals surface area contributed by atoms with Crippen molar-refractivity contribution in [3.8, 4) is 17.3 Å². The highest BCUT2D eigenvalue weighted by Crippen LogP contribution is 2.40. The number of pyridine rings is 1. The van der Waals surface area contributed by atoms with E-state index in [1.165, 1.54) is 47.9 Å². The largest absolute Gasteiger partial charge is 0.328 e. The van der Waals surface area contributed by atoms with Crippen LogP contribution >= 0.6 is 0 Å². The lowest BCUT2D eigenvalue weighted by Crippen LogP contribution is -2.01. The van der Waals surface area contributed by atoms with Gasteiger partial charge in [0, 0.05) is 12.4 Å². The minimum atomic E-state index is 0.474. The van der Waals surface area contributed by atoms with Gasteiger partial charge in [0.2, 0.25) is 0 Å². The molecule has 0 spiro atoms. The van der Waals surface area contributed by atoms with Crippen molar-refractivity contribution < 1.29 is 0 Å². The Labute approximate surface area is 149 Å². The molecule has 2 aromatic heterocycles. The predicted molar refractivity (Wildman–Crippen MR) is 103 cm³/mol. The molecular formula is C22H25N3. The third-order valence-corrected chi connectivity index (χ3v) is 4.92. The number of hydrogen-bond acceptors (Lipinski definition) is 2. The molecule has 128 valence electrons. The van der Waals surface area contributed by atoms with Crippen LogP contribution in [0.3, 0.4) is 0 Å². The molecule has 0 aliphatic heterocycles. The molecule has 3 rings (SSSR count). The number of nitrogens with zero attached hydrogens (tertiary/aromatic N) is 3. The van der Waals surface area contributed by atoms with E-state index in [2.05, 4.69) is 66.8 Å². The minimum absolute atomic E-state index is 0.474. The van der Waals surface area contributed by atoms with E-state index in [-0.39, 0.29) is 0 Å². The molecule has 1 aromatic carbocycles. The van der Waals surface area contributed by atoms with Gasteiger partial charge in [-0.2, -0.15) is 5.26 Å². The Balaban J connectivity index is 2.33. The van der Waals surface area contributed by atoms with Crippen LogP contribution in [0.1, 0.15) is 56.7 Å². The van der Waals surface area contributed by atoms with Crippen LogP contribution in [0.4, 0.5) is 0 Å². The maximum Gasteiger partial charge on any atom is 0.142 e. The first-order valence-electron chi connectivity index (χ1n) is 9.16. The molecule has 0 aliphatic rings. The molecular weight excluding hydrogens is 306 g/mol. The van der Waals surface area contributed by atoms with Crippen LogP contribution in [-0.4, -0.2) is 9.55 Å². The zero-order valence-electron chi connectivity index (χ0n) is 15.3. The Kier molecular flexibility index (Phi) is 5.19. The fraction of sp³-hybridized carbons (Fsp3) is 0.364. The van der Waals surface area contributed by atoms with Gasteiger partial charge < -0.3 is 4.57 Å². The number of aryl methyl sites for hydroxylation is 1. The van der Waals surface area contributed by atoms with Gasteiger partial charge in [0.1, 0.15) is 17.4 Å². The second-order valence-corrected chi connectivity index (χ2v) is 6.64. The zero-order valence-corrected chi connectivity index (χ0v) is 15.3. The lowest BCUT2D eigenvalue weighted by atomic mass is 9.87. The maximum absolute atomic E-state index is 9.24. The maximum atomic E-state index is 9.24. The van der Waals surface area contributed by atoms with E-state index in [4.69, 9.17) is 0 Å². The smallest absolute Gasteiger partial charge is 0.142 e. The molecule has 0 atom stereocenters. The zero-order chi connectivity index (χ0) is 17.8. The fourth-order valence-electron chi connectivity index (χ4n) is 3.88. The van der Waals surface area contributed by atoms with Gasteiger partial charge in [-0.15, -0.1) is 0 Å². The summed E-state index contributed by atoms with van der Waals surface area (Å²) >= 11 is 0. The minimum Gasteiger partial charge on any atom is -0.328 e. The number of benzene rings is 1. The Morgan fingerprint density at radius 3 is 2.32 bits per heavy atom. The van der Waals surface area contributed by atoms with Crippen molar-refractivity contribution in [2.24, 2.45) is 7.05 Å². The van der Waals surface area contributed by atoms with Crippen molar-refractivity contribution >= 4 is 11.0 Å². The molecule has 0 bridgehead atoms. The monoisotopic (exact) mass is 331 g/mol. The Morgan fingerprint density at radius 2 is 1.72 bits per heavy atom. The summed E-state index contributed by atoms with van der Waals surface area (Å²) in [6.07, 6.45) is 4.68. The molecule has 3 heteroatoms. The first-order valence-corrected chi connectivity index (χ1v) is 9.16. The van der Waals surface area contributed by atoms with E-state index in [0.29, 0.717) is 11.6 Å². The van der Waals surface area contributed by atoms with Gasteiger partial charge in [-0.25, -0.2) is 4.98 Å². The topological polar surface area (TPSA) is 41.6 Å². The van der Waals surface area contributed by atoms with Gasteiger partial charge >= 0.3 is 0 Å². The molecule has 0 N–H and O–H groups in total. The van der Waals surface area contributed by atoms with E-state index in [1.54, 1.807) is 0 Å². The first kappa shape index (κ1) is 17.2. The number of hydrogen-bond donors (Lipinski definition) is 0. The van der Waals surface area contributed by atoms with Crippen molar-refractivity contribution in [2.45, 2.75) is 45.4 Å². The van der Waals surface area contributed by atoms with Crippen LogP contribution in [0.15, 0.2) is 42.5 Å². The third-order valence-electron chi connectivity index (χ3n) is 4.92. The molecule has 0 amide bonds. The molecule has 0 saturated carbocycles. The van der Waals surface area contributed by atoms with Gasteiger partial charge in [0.05, 0.1) is 5.69 Å². The van der Waals surface area contributed by atoms with Crippen LogP contribution < -0.4 is 0 Å². The SMILES string of the molecule is CCCC(CCC)c1c(-c2ccccc2)n(C)c2nc(C#N)ccc12. The Morgan fingerprint density at radius 1 is 1.04 bits per heavy atom. The van der Waals surface area contributed by atoms with Crippen molar-refractivity contribution in [1.29, 1.82) is 5.26 Å². The summed E-state index contributed by atoms with van der Waals surface area (Å²) in [5, 5.41) is 10.4. The van der Waals surface area contributed by atoms with Gasteiger partial charge in [-0.1, -0.05) is 57.0 Å². The molecule has 0 fully saturated rings. The summed E-state index contributed by atoms with van der Waals surface area (Å²) in [6, 6.07) is 16.6. The second kappa shape index (κ2) is 7.53. The van der Waals surface area contributed by atoms with Crippen LogP contribution in [0.25, 0.3) is 22.3 Å². The lowest BCUT2D eigenvalue weighted by Gasteiger charge is -2.18. The average Bonchev–Trinajstić information content (AvgIpc) is 2.94. The van der Waals surface area contributed by atoms with Crippen molar-refractivity contribution in [1.82, 2.24) is 9.55 Å². The van der Waals surface area contributed by atoms with E-state index >= 15 is 0 Å². The van der Waals surface area contributed by atoms with E-state index < -0.39 is 0 Å². The van der Waals surface area contributed by atoms with Crippen molar-refractivity contribution in [2.75, 3.05) is 0 Å². The van der Waals surface area contributed by atoms with Gasteiger partial charge in [0.25, 0.3) is 0 Å². The van der Waals surface area contributed by atoms with Gasteiger partial charge in [-0.05, 0) is 42.0 Å². The van der Waals surface area contributed by atoms with Gasteiger partial charge in [0.15, 0.2) is 0 Å². The molecule has 2 heterocycles. The Bertz CT molecular complexity index is 894.